The molecule has 0 aromatic heterocycles. The molecule has 1 saturated heterocycles. The highest BCUT2D eigenvalue weighted by Crippen LogP contribution is 2.26. The molecule has 1 fully saturated rings. The zero-order chi connectivity index (χ0) is 14.6. The lowest BCUT2D eigenvalue weighted by Crippen LogP contribution is -2.64. The molecule has 0 radical (unpaired) electrons. The molecule has 0 aliphatic carbocycles. The Bertz CT molecular complexity index is 397. The molecule has 106 valence electrons. The molecule has 0 aromatic carbocycles. The summed E-state index contributed by atoms with van der Waals surface area (Å²) in [7, 11) is 0. The lowest BCUT2D eigenvalue weighted by molar-refractivity contribution is 0.105. The molecule has 19 heavy (non-hydrogen) atoms. The van der Waals surface area contributed by atoms with Crippen LogP contribution in [0.1, 0.15) is 27.7 Å². The minimum absolute atomic E-state index is 0.0516. The molecule has 0 spiro atoms. The SMILES string of the molecule is C=C(/C=C\C)N1C(C)C(C)NC(/C(C=N)=C/N)C1C. The van der Waals surface area contributed by atoms with Crippen molar-refractivity contribution in [1.29, 1.82) is 5.41 Å². The maximum atomic E-state index is 7.49. The molecule has 1 aliphatic heterocycles. The van der Waals surface area contributed by atoms with Crippen LogP contribution in [0.4, 0.5) is 0 Å². The Morgan fingerprint density at radius 3 is 2.42 bits per heavy atom. The fourth-order valence-electron chi connectivity index (χ4n) is 2.75. The maximum Gasteiger partial charge on any atom is 0.0556 e. The summed E-state index contributed by atoms with van der Waals surface area (Å²) in [6.07, 6.45) is 6.87. The van der Waals surface area contributed by atoms with Crippen molar-refractivity contribution in [3.05, 3.63) is 36.2 Å². The van der Waals surface area contributed by atoms with Crippen LogP contribution in [-0.4, -0.2) is 35.3 Å². The molecule has 0 bridgehead atoms. The van der Waals surface area contributed by atoms with Gasteiger partial charge in [-0.25, -0.2) is 0 Å². The molecule has 0 aromatic rings. The van der Waals surface area contributed by atoms with Gasteiger partial charge in [0.05, 0.1) is 6.04 Å². The van der Waals surface area contributed by atoms with Crippen LogP contribution in [-0.2, 0) is 0 Å². The summed E-state index contributed by atoms with van der Waals surface area (Å²) in [4.78, 5) is 2.30. The van der Waals surface area contributed by atoms with E-state index in [0.717, 1.165) is 11.3 Å². The normalized spacial score (nSPS) is 32.6. The van der Waals surface area contributed by atoms with E-state index >= 15 is 0 Å². The molecule has 0 saturated carbocycles. The first-order valence-electron chi connectivity index (χ1n) is 6.76. The van der Waals surface area contributed by atoms with Crippen molar-refractivity contribution >= 4 is 6.21 Å². The Morgan fingerprint density at radius 2 is 1.95 bits per heavy atom. The molecular weight excluding hydrogens is 236 g/mol. The first-order chi connectivity index (χ1) is 8.97. The number of hydrogen-bond donors (Lipinski definition) is 3. The van der Waals surface area contributed by atoms with Crippen LogP contribution in [0.3, 0.4) is 0 Å². The number of nitrogens with two attached hydrogens (primary N) is 1. The van der Waals surface area contributed by atoms with E-state index in [1.807, 2.05) is 19.1 Å². The third kappa shape index (κ3) is 3.07. The molecular formula is C15H26N4. The summed E-state index contributed by atoms with van der Waals surface area (Å²) in [6.45, 7) is 12.6. The highest BCUT2D eigenvalue weighted by molar-refractivity contribution is 5.77. The lowest BCUT2D eigenvalue weighted by Gasteiger charge is -2.49. The molecule has 0 amide bonds. The summed E-state index contributed by atoms with van der Waals surface area (Å²) >= 11 is 0. The summed E-state index contributed by atoms with van der Waals surface area (Å²) in [5.41, 5.74) is 7.44. The quantitative estimate of drug-likeness (QED) is 0.536. The van der Waals surface area contributed by atoms with Gasteiger partial charge in [0, 0.05) is 41.8 Å². The van der Waals surface area contributed by atoms with E-state index in [0.29, 0.717) is 12.1 Å². The third-order valence-electron chi connectivity index (χ3n) is 3.93. The molecule has 1 heterocycles. The Balaban J connectivity index is 3.08. The van der Waals surface area contributed by atoms with Gasteiger partial charge in [0.1, 0.15) is 0 Å². The largest absolute Gasteiger partial charge is 0.404 e. The molecule has 4 atom stereocenters. The van der Waals surface area contributed by atoms with E-state index in [-0.39, 0.29) is 12.1 Å². The average Bonchev–Trinajstić information content (AvgIpc) is 2.37. The molecule has 4 heteroatoms. The van der Waals surface area contributed by atoms with Crippen LogP contribution in [0.15, 0.2) is 36.2 Å². The monoisotopic (exact) mass is 262 g/mol. The molecule has 4 unspecified atom stereocenters. The van der Waals surface area contributed by atoms with E-state index < -0.39 is 0 Å². The third-order valence-corrected chi connectivity index (χ3v) is 3.93. The molecule has 4 N–H and O–H groups in total. The smallest absolute Gasteiger partial charge is 0.0556 e. The van der Waals surface area contributed by atoms with Gasteiger partial charge in [-0.1, -0.05) is 12.7 Å². The second-order valence-corrected chi connectivity index (χ2v) is 5.12. The number of hydrogen-bond acceptors (Lipinski definition) is 4. The zero-order valence-corrected chi connectivity index (χ0v) is 12.4. The number of allylic oxidation sites excluding steroid dienone is 2. The van der Waals surface area contributed by atoms with Gasteiger partial charge in [-0.05, 0) is 33.8 Å². The Kier molecular flexibility index (Phi) is 5.36. The second-order valence-electron chi connectivity index (χ2n) is 5.12. The summed E-state index contributed by atoms with van der Waals surface area (Å²) in [5.74, 6) is 0. The van der Waals surface area contributed by atoms with Crippen molar-refractivity contribution in [3.8, 4) is 0 Å². The second kappa shape index (κ2) is 6.57. The number of nitrogens with zero attached hydrogens (tertiary/aromatic N) is 1. The minimum atomic E-state index is 0.0516. The number of piperazine rings is 1. The van der Waals surface area contributed by atoms with Crippen LogP contribution in [0, 0.1) is 5.41 Å². The van der Waals surface area contributed by atoms with Crippen molar-refractivity contribution in [2.75, 3.05) is 0 Å². The van der Waals surface area contributed by atoms with E-state index in [1.54, 1.807) is 0 Å². The molecule has 1 rings (SSSR count). The standard InChI is InChI=1S/C15H26N4/c1-6-7-10(2)19-12(4)11(3)18-15(13(19)5)14(8-16)9-17/h6-9,11-13,15-16,18H,2,17H2,1,3-5H3/b7-6-,14-9+,16-8?. The van der Waals surface area contributed by atoms with Crippen molar-refractivity contribution in [2.45, 2.75) is 51.9 Å². The summed E-state index contributed by atoms with van der Waals surface area (Å²) in [6, 6.07) is 0.903. The van der Waals surface area contributed by atoms with Gasteiger partial charge in [-0.3, -0.25) is 0 Å². The fraction of sp³-hybridized carbons (Fsp3) is 0.533. The lowest BCUT2D eigenvalue weighted by atomic mass is 9.91. The van der Waals surface area contributed by atoms with Gasteiger partial charge in [0.2, 0.25) is 0 Å². The van der Waals surface area contributed by atoms with Gasteiger partial charge in [-0.15, -0.1) is 0 Å². The first-order valence-corrected chi connectivity index (χ1v) is 6.76. The van der Waals surface area contributed by atoms with Crippen LogP contribution in [0.2, 0.25) is 0 Å². The van der Waals surface area contributed by atoms with Gasteiger partial charge < -0.3 is 21.4 Å². The Labute approximate surface area is 116 Å². The highest BCUT2D eigenvalue weighted by atomic mass is 15.3. The van der Waals surface area contributed by atoms with Crippen molar-refractivity contribution in [1.82, 2.24) is 10.2 Å². The van der Waals surface area contributed by atoms with Gasteiger partial charge >= 0.3 is 0 Å². The fourth-order valence-corrected chi connectivity index (χ4v) is 2.75. The van der Waals surface area contributed by atoms with Crippen LogP contribution >= 0.6 is 0 Å². The number of rotatable bonds is 4. The maximum absolute atomic E-state index is 7.49. The Hall–Kier alpha value is -1.55. The summed E-state index contributed by atoms with van der Waals surface area (Å²) < 4.78 is 0. The van der Waals surface area contributed by atoms with Crippen LogP contribution < -0.4 is 11.1 Å². The predicted octanol–water partition coefficient (Wildman–Crippen LogP) is 2.01. The van der Waals surface area contributed by atoms with E-state index in [1.165, 1.54) is 12.4 Å². The van der Waals surface area contributed by atoms with E-state index in [4.69, 9.17) is 11.1 Å². The van der Waals surface area contributed by atoms with Gasteiger partial charge in [0.25, 0.3) is 0 Å². The topological polar surface area (TPSA) is 65.1 Å². The number of nitrogens with one attached hydrogen (secondary N) is 2. The first kappa shape index (κ1) is 15.5. The van der Waals surface area contributed by atoms with Crippen LogP contribution in [0.5, 0.6) is 0 Å². The van der Waals surface area contributed by atoms with E-state index in [2.05, 4.69) is 37.6 Å². The van der Waals surface area contributed by atoms with Crippen molar-refractivity contribution in [3.63, 3.8) is 0 Å². The zero-order valence-electron chi connectivity index (χ0n) is 12.4. The minimum Gasteiger partial charge on any atom is -0.404 e. The highest BCUT2D eigenvalue weighted by Gasteiger charge is 2.37. The van der Waals surface area contributed by atoms with Crippen LogP contribution in [0.25, 0.3) is 0 Å². The van der Waals surface area contributed by atoms with Gasteiger partial charge in [0.15, 0.2) is 0 Å². The molecule has 1 aliphatic rings. The van der Waals surface area contributed by atoms with E-state index in [9.17, 15) is 0 Å². The predicted molar refractivity (Wildman–Crippen MR) is 82.2 cm³/mol. The van der Waals surface area contributed by atoms with Gasteiger partial charge in [-0.2, -0.15) is 0 Å². The Morgan fingerprint density at radius 1 is 1.32 bits per heavy atom. The van der Waals surface area contributed by atoms with Crippen molar-refractivity contribution < 1.29 is 0 Å². The van der Waals surface area contributed by atoms with Crippen molar-refractivity contribution in [2.24, 2.45) is 5.73 Å². The average molecular weight is 262 g/mol. The summed E-state index contributed by atoms with van der Waals surface area (Å²) in [5, 5.41) is 11.0. The molecule has 4 nitrogen and oxygen atoms in total.